The molecule has 1 fully saturated rings. The third kappa shape index (κ3) is 2.91. The number of carbonyl (C=O) groups excluding carboxylic acids is 4. The van der Waals surface area contributed by atoms with Crippen LogP contribution in [0.25, 0.3) is 0 Å². The Bertz CT molecular complexity index is 465. The van der Waals surface area contributed by atoms with E-state index in [1.165, 1.54) is 13.8 Å². The molecule has 0 N–H and O–H groups in total. The van der Waals surface area contributed by atoms with Gasteiger partial charge in [-0.3, -0.25) is 9.59 Å². The van der Waals surface area contributed by atoms with Crippen molar-refractivity contribution < 1.29 is 29.0 Å². The van der Waals surface area contributed by atoms with Gasteiger partial charge in [0.1, 0.15) is 0 Å². The van der Waals surface area contributed by atoms with E-state index < -0.39 is 23.5 Å². The third-order valence-corrected chi connectivity index (χ3v) is 2.36. The lowest BCUT2D eigenvalue weighted by molar-refractivity contribution is -0.252. The van der Waals surface area contributed by atoms with Crippen molar-refractivity contribution >= 4 is 23.5 Å². The molecule has 96 valence electrons. The molecule has 6 nitrogen and oxygen atoms in total. The number of ketones is 2. The second kappa shape index (κ2) is 5.39. The first-order valence-corrected chi connectivity index (χ1v) is 5.20. The summed E-state index contributed by atoms with van der Waals surface area (Å²) in [7, 11) is 0. The molecule has 0 aromatic rings. The van der Waals surface area contributed by atoms with Gasteiger partial charge in [0.15, 0.2) is 11.6 Å². The fourth-order valence-electron chi connectivity index (χ4n) is 1.36. The van der Waals surface area contributed by atoms with Crippen molar-refractivity contribution in [3.63, 3.8) is 0 Å². The summed E-state index contributed by atoms with van der Waals surface area (Å²) < 4.78 is 0. The Kier molecular flexibility index (Phi) is 4.14. The Morgan fingerprint density at radius 1 is 1.00 bits per heavy atom. The summed E-state index contributed by atoms with van der Waals surface area (Å²) in [6, 6.07) is 0. The Balaban J connectivity index is 2.76. The molecule has 0 aromatic heterocycles. The van der Waals surface area contributed by atoms with Crippen molar-refractivity contribution in [1.29, 1.82) is 0 Å². The SMILES string of the molecule is C=C(C)C(=O)OOC(=O)C(C)=C1C(=O)CCC1=O. The molecule has 0 spiro atoms. The van der Waals surface area contributed by atoms with Crippen molar-refractivity contribution in [3.05, 3.63) is 23.3 Å². The third-order valence-electron chi connectivity index (χ3n) is 2.36. The first-order valence-electron chi connectivity index (χ1n) is 5.20. The predicted molar refractivity (Wildman–Crippen MR) is 58.9 cm³/mol. The van der Waals surface area contributed by atoms with Gasteiger partial charge in [-0.25, -0.2) is 19.4 Å². The lowest BCUT2D eigenvalue weighted by Gasteiger charge is -2.04. The molecule has 0 heterocycles. The lowest BCUT2D eigenvalue weighted by atomic mass is 10.1. The van der Waals surface area contributed by atoms with Crippen LogP contribution in [0.1, 0.15) is 26.7 Å². The van der Waals surface area contributed by atoms with Crippen LogP contribution in [-0.2, 0) is 29.0 Å². The van der Waals surface area contributed by atoms with Crippen LogP contribution < -0.4 is 0 Å². The average Bonchev–Trinajstić information content (AvgIpc) is 2.64. The van der Waals surface area contributed by atoms with Crippen molar-refractivity contribution in [2.75, 3.05) is 0 Å². The van der Waals surface area contributed by atoms with Crippen LogP contribution in [0.15, 0.2) is 23.3 Å². The normalized spacial score (nSPS) is 14.4. The van der Waals surface area contributed by atoms with Gasteiger partial charge in [-0.2, -0.15) is 0 Å². The monoisotopic (exact) mass is 252 g/mol. The Hall–Kier alpha value is -2.24. The summed E-state index contributed by atoms with van der Waals surface area (Å²) in [5.74, 6) is -2.74. The van der Waals surface area contributed by atoms with Crippen LogP contribution in [0.3, 0.4) is 0 Å². The van der Waals surface area contributed by atoms with E-state index in [-0.39, 0.29) is 29.6 Å². The quantitative estimate of drug-likeness (QED) is 0.313. The van der Waals surface area contributed by atoms with Gasteiger partial charge in [-0.1, -0.05) is 6.58 Å². The van der Waals surface area contributed by atoms with Crippen LogP contribution in [0.2, 0.25) is 0 Å². The highest BCUT2D eigenvalue weighted by molar-refractivity contribution is 6.28. The van der Waals surface area contributed by atoms with E-state index in [0.717, 1.165) is 0 Å². The van der Waals surface area contributed by atoms with Crippen LogP contribution in [-0.4, -0.2) is 23.5 Å². The summed E-state index contributed by atoms with van der Waals surface area (Å²) in [6.07, 6.45) is 0.175. The second-order valence-electron chi connectivity index (χ2n) is 3.87. The van der Waals surface area contributed by atoms with E-state index in [1.807, 2.05) is 0 Å². The minimum absolute atomic E-state index is 0.0566. The van der Waals surface area contributed by atoms with Gasteiger partial charge in [0.2, 0.25) is 0 Å². The molecule has 0 unspecified atom stereocenters. The molecule has 0 amide bonds. The second-order valence-corrected chi connectivity index (χ2v) is 3.87. The maximum Gasteiger partial charge on any atom is 0.382 e. The average molecular weight is 252 g/mol. The van der Waals surface area contributed by atoms with Crippen molar-refractivity contribution in [3.8, 4) is 0 Å². The Morgan fingerprint density at radius 2 is 1.44 bits per heavy atom. The highest BCUT2D eigenvalue weighted by Gasteiger charge is 2.31. The minimum Gasteiger partial charge on any atom is -0.294 e. The molecule has 0 atom stereocenters. The fraction of sp³-hybridized carbons (Fsp3) is 0.333. The molecule has 18 heavy (non-hydrogen) atoms. The van der Waals surface area contributed by atoms with Gasteiger partial charge in [0.05, 0.1) is 11.1 Å². The van der Waals surface area contributed by atoms with E-state index >= 15 is 0 Å². The zero-order valence-corrected chi connectivity index (χ0v) is 10.1. The summed E-state index contributed by atoms with van der Waals surface area (Å²) in [4.78, 5) is 53.6. The molecule has 0 bridgehead atoms. The molecular formula is C12H12O6. The highest BCUT2D eigenvalue weighted by Crippen LogP contribution is 2.21. The highest BCUT2D eigenvalue weighted by atomic mass is 17.2. The molecule has 1 rings (SSSR count). The summed E-state index contributed by atoms with van der Waals surface area (Å²) in [6.45, 7) is 5.95. The van der Waals surface area contributed by atoms with E-state index in [9.17, 15) is 19.2 Å². The van der Waals surface area contributed by atoms with Crippen molar-refractivity contribution in [2.45, 2.75) is 26.7 Å². The molecule has 1 saturated carbocycles. The fourth-order valence-corrected chi connectivity index (χ4v) is 1.36. The number of carbonyl (C=O) groups is 4. The van der Waals surface area contributed by atoms with Gasteiger partial charge < -0.3 is 0 Å². The first-order chi connectivity index (χ1) is 8.34. The molecule has 0 saturated heterocycles. The predicted octanol–water partition coefficient (Wildman–Crippen LogP) is 0.812. The molecule has 6 heteroatoms. The van der Waals surface area contributed by atoms with Crippen molar-refractivity contribution in [2.24, 2.45) is 0 Å². The van der Waals surface area contributed by atoms with E-state index in [4.69, 9.17) is 0 Å². The number of Topliss-reactive ketones (excluding diaryl/α,β-unsaturated/α-hetero) is 2. The number of rotatable bonds is 2. The Morgan fingerprint density at radius 3 is 1.89 bits per heavy atom. The molecule has 0 aromatic carbocycles. The molecule has 1 aliphatic rings. The first kappa shape index (κ1) is 13.8. The molecule has 0 radical (unpaired) electrons. The standard InChI is InChI=1S/C12H12O6/c1-6(2)11(15)17-18-12(16)7(3)10-8(13)4-5-9(10)14/h1,4-5H2,2-3H3. The maximum atomic E-state index is 11.5. The zero-order valence-electron chi connectivity index (χ0n) is 10.1. The number of hydrogen-bond acceptors (Lipinski definition) is 6. The van der Waals surface area contributed by atoms with Gasteiger partial charge in [-0.15, -0.1) is 0 Å². The van der Waals surface area contributed by atoms with Crippen LogP contribution >= 0.6 is 0 Å². The van der Waals surface area contributed by atoms with Crippen molar-refractivity contribution in [1.82, 2.24) is 0 Å². The molecule has 0 aliphatic heterocycles. The lowest BCUT2D eigenvalue weighted by Crippen LogP contribution is -2.16. The van der Waals surface area contributed by atoms with E-state index in [2.05, 4.69) is 16.4 Å². The smallest absolute Gasteiger partial charge is 0.294 e. The Labute approximate surface area is 103 Å². The minimum atomic E-state index is -1.04. The van der Waals surface area contributed by atoms with E-state index in [1.54, 1.807) is 0 Å². The van der Waals surface area contributed by atoms with Crippen LogP contribution in [0.5, 0.6) is 0 Å². The topological polar surface area (TPSA) is 86.7 Å². The summed E-state index contributed by atoms with van der Waals surface area (Å²) in [5.41, 5.74) is -0.274. The summed E-state index contributed by atoms with van der Waals surface area (Å²) >= 11 is 0. The van der Waals surface area contributed by atoms with Crippen LogP contribution in [0, 0.1) is 0 Å². The van der Waals surface area contributed by atoms with Gasteiger partial charge in [-0.05, 0) is 13.8 Å². The summed E-state index contributed by atoms with van der Waals surface area (Å²) in [5, 5.41) is 0. The maximum absolute atomic E-state index is 11.5. The van der Waals surface area contributed by atoms with E-state index in [0.29, 0.717) is 0 Å². The largest absolute Gasteiger partial charge is 0.382 e. The number of hydrogen-bond donors (Lipinski definition) is 0. The molecule has 1 aliphatic carbocycles. The van der Waals surface area contributed by atoms with Gasteiger partial charge in [0.25, 0.3) is 0 Å². The van der Waals surface area contributed by atoms with Gasteiger partial charge >= 0.3 is 11.9 Å². The molecular weight excluding hydrogens is 240 g/mol. The van der Waals surface area contributed by atoms with Gasteiger partial charge in [0, 0.05) is 18.4 Å². The van der Waals surface area contributed by atoms with Crippen LogP contribution in [0.4, 0.5) is 0 Å². The number of allylic oxidation sites excluding steroid dienone is 1. The zero-order chi connectivity index (χ0) is 13.9.